The summed E-state index contributed by atoms with van der Waals surface area (Å²) in [5.41, 5.74) is 7.94. The second kappa shape index (κ2) is 5.59. The van der Waals surface area contributed by atoms with Crippen LogP contribution in [0, 0.1) is 0 Å². The summed E-state index contributed by atoms with van der Waals surface area (Å²) in [4.78, 5) is 8.97. The Bertz CT molecular complexity index is 577. The highest BCUT2D eigenvalue weighted by Crippen LogP contribution is 2.23. The van der Waals surface area contributed by atoms with E-state index in [1.807, 2.05) is 24.3 Å². The molecular weight excluding hydrogens is 272 g/mol. The van der Waals surface area contributed by atoms with Crippen molar-refractivity contribution in [2.24, 2.45) is 0 Å². The third kappa shape index (κ3) is 2.65. The molecule has 4 nitrogen and oxygen atoms in total. The van der Waals surface area contributed by atoms with Crippen LogP contribution in [0.5, 0.6) is 0 Å². The Morgan fingerprint density at radius 2 is 1.60 bits per heavy atom. The molecule has 0 spiro atoms. The summed E-state index contributed by atoms with van der Waals surface area (Å²) in [7, 11) is 0. The number of nitrogen functional groups attached to an aromatic ring is 1. The zero-order valence-corrected chi connectivity index (χ0v) is 11.9. The van der Waals surface area contributed by atoms with Crippen LogP contribution in [0.2, 0.25) is 5.02 Å². The first kappa shape index (κ1) is 13.1. The molecule has 0 radical (unpaired) electrons. The molecule has 0 amide bonds. The number of nitrogens with two attached hydrogens (primary N) is 1. The van der Waals surface area contributed by atoms with E-state index in [2.05, 4.69) is 26.9 Å². The number of nitrogens with zero attached hydrogens (tertiary/aromatic N) is 3. The van der Waals surface area contributed by atoms with Gasteiger partial charge in [-0.1, -0.05) is 11.6 Å². The highest BCUT2D eigenvalue weighted by Gasteiger charge is 2.19. The van der Waals surface area contributed by atoms with Crippen molar-refractivity contribution in [1.82, 2.24) is 4.98 Å². The molecule has 2 N–H and O–H groups in total. The van der Waals surface area contributed by atoms with Crippen molar-refractivity contribution >= 4 is 28.8 Å². The van der Waals surface area contributed by atoms with Crippen LogP contribution >= 0.6 is 11.6 Å². The maximum atomic E-state index is 5.98. The zero-order valence-electron chi connectivity index (χ0n) is 11.2. The number of hydrogen-bond donors (Lipinski definition) is 1. The van der Waals surface area contributed by atoms with Crippen LogP contribution in [0.4, 0.5) is 17.2 Å². The van der Waals surface area contributed by atoms with Crippen molar-refractivity contribution in [2.75, 3.05) is 41.7 Å². The van der Waals surface area contributed by atoms with Crippen LogP contribution in [0.15, 0.2) is 42.6 Å². The summed E-state index contributed by atoms with van der Waals surface area (Å²) in [6.07, 6.45) is 1.79. The van der Waals surface area contributed by atoms with Crippen LogP contribution in [0.1, 0.15) is 0 Å². The molecule has 0 bridgehead atoms. The van der Waals surface area contributed by atoms with Crippen LogP contribution in [0.3, 0.4) is 0 Å². The molecule has 3 rings (SSSR count). The number of halogens is 1. The topological polar surface area (TPSA) is 45.4 Å². The molecule has 1 aliphatic rings. The Balaban J connectivity index is 1.68. The fourth-order valence-electron chi connectivity index (χ4n) is 2.50. The standard InChI is InChI=1S/C15H17ClN4/c16-12-3-5-13(6-4-12)19-8-10-20(11-9-19)15-14(17)2-1-7-18-15/h1-7H,8-11,17H2. The van der Waals surface area contributed by atoms with Crippen molar-refractivity contribution < 1.29 is 0 Å². The normalized spacial score (nSPS) is 15.4. The quantitative estimate of drug-likeness (QED) is 0.923. The van der Waals surface area contributed by atoms with Gasteiger partial charge in [0.1, 0.15) is 0 Å². The van der Waals surface area contributed by atoms with E-state index in [0.29, 0.717) is 0 Å². The molecule has 2 heterocycles. The Morgan fingerprint density at radius 3 is 2.25 bits per heavy atom. The molecule has 5 heteroatoms. The van der Waals surface area contributed by atoms with Crippen molar-refractivity contribution in [3.05, 3.63) is 47.6 Å². The van der Waals surface area contributed by atoms with Crippen molar-refractivity contribution in [3.8, 4) is 0 Å². The first-order valence-corrected chi connectivity index (χ1v) is 7.08. The summed E-state index contributed by atoms with van der Waals surface area (Å²) in [6.45, 7) is 3.75. The second-order valence-corrected chi connectivity index (χ2v) is 5.30. The fourth-order valence-corrected chi connectivity index (χ4v) is 2.63. The molecular formula is C15H17ClN4. The van der Waals surface area contributed by atoms with E-state index in [1.54, 1.807) is 6.20 Å². The number of benzene rings is 1. The number of hydrogen-bond acceptors (Lipinski definition) is 4. The Labute approximate surface area is 123 Å². The summed E-state index contributed by atoms with van der Waals surface area (Å²) < 4.78 is 0. The van der Waals surface area contributed by atoms with Gasteiger partial charge in [0, 0.05) is 43.1 Å². The highest BCUT2D eigenvalue weighted by atomic mass is 35.5. The third-order valence-electron chi connectivity index (χ3n) is 3.59. The lowest BCUT2D eigenvalue weighted by Crippen LogP contribution is -2.47. The summed E-state index contributed by atoms with van der Waals surface area (Å²) >= 11 is 5.92. The molecule has 1 aromatic heterocycles. The van der Waals surface area contributed by atoms with E-state index >= 15 is 0 Å². The summed E-state index contributed by atoms with van der Waals surface area (Å²) in [6, 6.07) is 11.7. The van der Waals surface area contributed by atoms with Crippen LogP contribution < -0.4 is 15.5 Å². The molecule has 1 fully saturated rings. The smallest absolute Gasteiger partial charge is 0.151 e. The molecule has 0 atom stereocenters. The fraction of sp³-hybridized carbons (Fsp3) is 0.267. The molecule has 1 saturated heterocycles. The lowest BCUT2D eigenvalue weighted by Gasteiger charge is -2.37. The number of pyridine rings is 1. The second-order valence-electron chi connectivity index (χ2n) is 4.87. The first-order valence-electron chi connectivity index (χ1n) is 6.70. The Kier molecular flexibility index (Phi) is 3.65. The van der Waals surface area contributed by atoms with Gasteiger partial charge in [0.25, 0.3) is 0 Å². The van der Waals surface area contributed by atoms with E-state index in [-0.39, 0.29) is 0 Å². The van der Waals surface area contributed by atoms with Gasteiger partial charge >= 0.3 is 0 Å². The van der Waals surface area contributed by atoms with E-state index in [0.717, 1.165) is 42.7 Å². The van der Waals surface area contributed by atoms with Gasteiger partial charge in [0.05, 0.1) is 5.69 Å². The maximum Gasteiger partial charge on any atom is 0.151 e. The van der Waals surface area contributed by atoms with Gasteiger partial charge < -0.3 is 15.5 Å². The Morgan fingerprint density at radius 1 is 0.950 bits per heavy atom. The predicted molar refractivity (Wildman–Crippen MR) is 84.5 cm³/mol. The molecule has 1 aliphatic heterocycles. The minimum absolute atomic E-state index is 0.743. The largest absolute Gasteiger partial charge is 0.396 e. The van der Waals surface area contributed by atoms with Gasteiger partial charge in [0.15, 0.2) is 5.82 Å². The SMILES string of the molecule is Nc1cccnc1N1CCN(c2ccc(Cl)cc2)CC1. The number of aromatic nitrogens is 1. The van der Waals surface area contributed by atoms with Crippen molar-refractivity contribution in [1.29, 1.82) is 0 Å². The van der Waals surface area contributed by atoms with Gasteiger partial charge in [-0.25, -0.2) is 4.98 Å². The van der Waals surface area contributed by atoms with Gasteiger partial charge in [-0.2, -0.15) is 0 Å². The van der Waals surface area contributed by atoms with E-state index in [4.69, 9.17) is 17.3 Å². The van der Waals surface area contributed by atoms with Crippen LogP contribution in [-0.4, -0.2) is 31.2 Å². The highest BCUT2D eigenvalue weighted by molar-refractivity contribution is 6.30. The minimum Gasteiger partial charge on any atom is -0.396 e. The number of piperazine rings is 1. The average molecular weight is 289 g/mol. The summed E-state index contributed by atoms with van der Waals surface area (Å²) in [5.74, 6) is 0.892. The Hall–Kier alpha value is -1.94. The van der Waals surface area contributed by atoms with E-state index in [9.17, 15) is 0 Å². The molecule has 2 aromatic rings. The van der Waals surface area contributed by atoms with Crippen molar-refractivity contribution in [3.63, 3.8) is 0 Å². The van der Waals surface area contributed by atoms with Crippen molar-refractivity contribution in [2.45, 2.75) is 0 Å². The first-order chi connectivity index (χ1) is 9.74. The number of rotatable bonds is 2. The van der Waals surface area contributed by atoms with E-state index < -0.39 is 0 Å². The van der Waals surface area contributed by atoms with Gasteiger partial charge in [-0.05, 0) is 36.4 Å². The van der Waals surface area contributed by atoms with Gasteiger partial charge in [-0.3, -0.25) is 0 Å². The van der Waals surface area contributed by atoms with Gasteiger partial charge in [0.2, 0.25) is 0 Å². The molecule has 1 aromatic carbocycles. The average Bonchev–Trinajstić information content (AvgIpc) is 2.49. The molecule has 20 heavy (non-hydrogen) atoms. The minimum atomic E-state index is 0.743. The van der Waals surface area contributed by atoms with Crippen LogP contribution in [-0.2, 0) is 0 Å². The summed E-state index contributed by atoms with van der Waals surface area (Å²) in [5, 5.41) is 0.772. The number of anilines is 3. The molecule has 104 valence electrons. The lowest BCUT2D eigenvalue weighted by atomic mass is 10.2. The molecule has 0 unspecified atom stereocenters. The van der Waals surface area contributed by atoms with Crippen LogP contribution in [0.25, 0.3) is 0 Å². The predicted octanol–water partition coefficient (Wildman–Crippen LogP) is 2.64. The third-order valence-corrected chi connectivity index (χ3v) is 3.84. The zero-order chi connectivity index (χ0) is 13.9. The molecule has 0 aliphatic carbocycles. The lowest BCUT2D eigenvalue weighted by molar-refractivity contribution is 0.648. The van der Waals surface area contributed by atoms with Gasteiger partial charge in [-0.15, -0.1) is 0 Å². The molecule has 0 saturated carbocycles. The van der Waals surface area contributed by atoms with E-state index in [1.165, 1.54) is 5.69 Å². The monoisotopic (exact) mass is 288 g/mol. The maximum absolute atomic E-state index is 5.98.